The van der Waals surface area contributed by atoms with E-state index in [1.807, 2.05) is 18.2 Å². The average molecular weight is 505 g/mol. The first kappa shape index (κ1) is 19.0. The molecule has 0 amide bonds. The van der Waals surface area contributed by atoms with Gasteiger partial charge in [-0.1, -0.05) is 22.0 Å². The van der Waals surface area contributed by atoms with Crippen molar-refractivity contribution in [2.45, 2.75) is 38.3 Å². The third kappa shape index (κ3) is 4.41. The molecule has 0 unspecified atom stereocenters. The normalized spacial score (nSPS) is 25.2. The summed E-state index contributed by atoms with van der Waals surface area (Å²) in [7, 11) is 1.30. The zero-order chi connectivity index (χ0) is 17.3. The molecule has 0 radical (unpaired) electrons. The van der Waals surface area contributed by atoms with Crippen LogP contribution >= 0.6 is 38.5 Å². The lowest BCUT2D eigenvalue weighted by Gasteiger charge is -2.38. The first-order valence-corrected chi connectivity index (χ1v) is 9.14. The van der Waals surface area contributed by atoms with Gasteiger partial charge in [-0.25, -0.2) is 0 Å². The molecule has 0 spiro atoms. The summed E-state index contributed by atoms with van der Waals surface area (Å²) in [4.78, 5) is 12.3. The second-order valence-corrected chi connectivity index (χ2v) is 8.08. The van der Waals surface area contributed by atoms with Crippen molar-refractivity contribution >= 4 is 44.5 Å². The summed E-state index contributed by atoms with van der Waals surface area (Å²) in [6.07, 6.45) is -3.41. The minimum absolute atomic E-state index is 0.0221. The quantitative estimate of drug-likeness (QED) is 0.401. The van der Waals surface area contributed by atoms with E-state index in [0.29, 0.717) is 6.42 Å². The van der Waals surface area contributed by atoms with Gasteiger partial charge in [0, 0.05) is 8.04 Å². The summed E-state index contributed by atoms with van der Waals surface area (Å²) in [5.74, 6) is -1.72. The molecule has 0 aromatic heterocycles. The van der Waals surface area contributed by atoms with E-state index in [4.69, 9.17) is 4.74 Å². The maximum Gasteiger partial charge on any atom is 0.391 e. The van der Waals surface area contributed by atoms with Crippen LogP contribution in [0, 0.1) is 14.9 Å². The Morgan fingerprint density at radius 2 is 2.00 bits per heavy atom. The molecule has 1 aliphatic rings. The van der Waals surface area contributed by atoms with E-state index in [1.54, 1.807) is 0 Å². The number of carbonyl (C=O) groups excluding carboxylic acids is 1. The summed E-state index contributed by atoms with van der Waals surface area (Å²) in [6, 6.07) is 5.72. The molecule has 2 rings (SSSR count). The highest BCUT2D eigenvalue weighted by molar-refractivity contribution is 14.1. The number of carbonyl (C=O) groups is 1. The van der Waals surface area contributed by atoms with E-state index < -0.39 is 23.5 Å². The number of hydrogen-bond donors (Lipinski definition) is 0. The Labute approximate surface area is 155 Å². The molecule has 1 saturated carbocycles. The van der Waals surface area contributed by atoms with Gasteiger partial charge < -0.3 is 4.74 Å². The Balaban J connectivity index is 2.23. The number of ether oxygens (including phenoxy) is 1. The van der Waals surface area contributed by atoms with Crippen LogP contribution in [0.3, 0.4) is 0 Å². The predicted octanol–water partition coefficient (Wildman–Crippen LogP) is 5.51. The number of hydrogen-bond acceptors (Lipinski definition) is 2. The smallest absolute Gasteiger partial charge is 0.391 e. The molecule has 2 nitrogen and oxygen atoms in total. The molecule has 0 aliphatic heterocycles. The fraction of sp³-hybridized carbons (Fsp3) is 0.562. The summed E-state index contributed by atoms with van der Waals surface area (Å²) < 4.78 is 45.5. The molecule has 0 N–H and O–H groups in total. The maximum atomic E-state index is 12.9. The minimum atomic E-state index is -4.19. The molecule has 1 aromatic rings. The molecule has 0 bridgehead atoms. The summed E-state index contributed by atoms with van der Waals surface area (Å²) in [5, 5.41) is 0. The molecule has 0 heterocycles. The van der Waals surface area contributed by atoms with Crippen LogP contribution in [0.25, 0.3) is 0 Å². The largest absolute Gasteiger partial charge is 0.469 e. The first-order valence-electron chi connectivity index (χ1n) is 7.27. The first-order chi connectivity index (χ1) is 10.7. The van der Waals surface area contributed by atoms with Crippen molar-refractivity contribution in [1.82, 2.24) is 0 Å². The van der Waals surface area contributed by atoms with Crippen molar-refractivity contribution in [3.63, 3.8) is 0 Å². The number of halogens is 5. The second kappa shape index (κ2) is 7.29. The van der Waals surface area contributed by atoms with Crippen molar-refractivity contribution in [3.05, 3.63) is 31.8 Å². The van der Waals surface area contributed by atoms with Gasteiger partial charge in [0.05, 0.1) is 18.4 Å². The van der Waals surface area contributed by atoms with Crippen molar-refractivity contribution < 1.29 is 22.7 Å². The molecule has 1 aliphatic carbocycles. The molecule has 1 aromatic carbocycles. The van der Waals surface area contributed by atoms with Crippen LogP contribution in [0.15, 0.2) is 22.7 Å². The Morgan fingerprint density at radius 1 is 1.39 bits per heavy atom. The molecule has 23 heavy (non-hydrogen) atoms. The lowest BCUT2D eigenvalue weighted by Crippen LogP contribution is -2.41. The van der Waals surface area contributed by atoms with Gasteiger partial charge in [-0.2, -0.15) is 13.2 Å². The Hall–Kier alpha value is -0.310. The zero-order valence-electron chi connectivity index (χ0n) is 12.6. The fourth-order valence-corrected chi connectivity index (χ4v) is 4.69. The van der Waals surface area contributed by atoms with E-state index in [9.17, 15) is 18.0 Å². The van der Waals surface area contributed by atoms with Crippen LogP contribution in [0.4, 0.5) is 13.2 Å². The zero-order valence-corrected chi connectivity index (χ0v) is 16.3. The van der Waals surface area contributed by atoms with E-state index in [0.717, 1.165) is 13.6 Å². The second-order valence-electron chi connectivity index (χ2n) is 6.00. The lowest BCUT2D eigenvalue weighted by molar-refractivity contribution is -0.192. The van der Waals surface area contributed by atoms with E-state index in [1.165, 1.54) is 7.11 Å². The topological polar surface area (TPSA) is 26.3 Å². The van der Waals surface area contributed by atoms with Crippen molar-refractivity contribution in [2.24, 2.45) is 11.3 Å². The standard InChI is InChI=1S/C16H17BrF3IO2/c1-23-14(22)15(6-4-11(5-7-15)16(18,19)20)9-10-2-3-12(17)8-13(10)21/h2-3,8,11H,4-7,9H2,1H3. The van der Waals surface area contributed by atoms with Gasteiger partial charge in [0.1, 0.15) is 0 Å². The van der Waals surface area contributed by atoms with Crippen LogP contribution in [-0.4, -0.2) is 19.3 Å². The predicted molar refractivity (Wildman–Crippen MR) is 93.0 cm³/mol. The molecule has 0 saturated heterocycles. The van der Waals surface area contributed by atoms with Gasteiger partial charge in [0.15, 0.2) is 0 Å². The molecule has 1 fully saturated rings. The van der Waals surface area contributed by atoms with Gasteiger partial charge in [0.25, 0.3) is 0 Å². The van der Waals surface area contributed by atoms with Crippen molar-refractivity contribution in [3.8, 4) is 0 Å². The van der Waals surface area contributed by atoms with Crippen LogP contribution in [-0.2, 0) is 16.0 Å². The number of rotatable bonds is 3. The van der Waals surface area contributed by atoms with Gasteiger partial charge in [-0.3, -0.25) is 4.79 Å². The molecule has 7 heteroatoms. The molecular weight excluding hydrogens is 488 g/mol. The number of esters is 1. The Bertz CT molecular complexity index is 581. The van der Waals surface area contributed by atoms with Crippen LogP contribution in [0.2, 0.25) is 0 Å². The van der Waals surface area contributed by atoms with Crippen molar-refractivity contribution in [2.75, 3.05) is 7.11 Å². The van der Waals surface area contributed by atoms with E-state index >= 15 is 0 Å². The molecule has 0 atom stereocenters. The SMILES string of the molecule is COC(=O)C1(Cc2ccc(Br)cc2I)CCC(C(F)(F)F)CC1. The highest BCUT2D eigenvalue weighted by atomic mass is 127. The average Bonchev–Trinajstić information content (AvgIpc) is 2.49. The van der Waals surface area contributed by atoms with Gasteiger partial charge >= 0.3 is 12.1 Å². The Kier molecular flexibility index (Phi) is 6.03. The van der Waals surface area contributed by atoms with Crippen LogP contribution < -0.4 is 0 Å². The molecular formula is C16H17BrF3IO2. The highest BCUT2D eigenvalue weighted by Gasteiger charge is 2.49. The number of benzene rings is 1. The van der Waals surface area contributed by atoms with Crippen LogP contribution in [0.5, 0.6) is 0 Å². The maximum absolute atomic E-state index is 12.9. The number of methoxy groups -OCH3 is 1. The summed E-state index contributed by atoms with van der Waals surface area (Å²) in [6.45, 7) is 0. The van der Waals surface area contributed by atoms with Gasteiger partial charge in [-0.05, 0) is 72.4 Å². The van der Waals surface area contributed by atoms with Gasteiger partial charge in [-0.15, -0.1) is 0 Å². The highest BCUT2D eigenvalue weighted by Crippen LogP contribution is 2.47. The molecule has 128 valence electrons. The monoisotopic (exact) mass is 504 g/mol. The van der Waals surface area contributed by atoms with Gasteiger partial charge in [0.2, 0.25) is 0 Å². The minimum Gasteiger partial charge on any atom is -0.469 e. The lowest BCUT2D eigenvalue weighted by atomic mass is 9.67. The third-order valence-corrected chi connectivity index (χ3v) is 6.07. The Morgan fingerprint density at radius 3 is 2.48 bits per heavy atom. The summed E-state index contributed by atoms with van der Waals surface area (Å²) >= 11 is 5.56. The third-order valence-electron chi connectivity index (χ3n) is 4.57. The van der Waals surface area contributed by atoms with Crippen molar-refractivity contribution in [1.29, 1.82) is 0 Å². The fourth-order valence-electron chi connectivity index (χ4n) is 3.20. The van der Waals surface area contributed by atoms with E-state index in [-0.39, 0.29) is 25.7 Å². The number of alkyl halides is 3. The van der Waals surface area contributed by atoms with Crippen LogP contribution in [0.1, 0.15) is 31.2 Å². The summed E-state index contributed by atoms with van der Waals surface area (Å²) in [5.41, 5.74) is 0.106. The van der Waals surface area contributed by atoms with E-state index in [2.05, 4.69) is 38.5 Å².